The van der Waals surface area contributed by atoms with Crippen LogP contribution in [0.5, 0.6) is 0 Å². The number of benzene rings is 2. The van der Waals surface area contributed by atoms with Crippen molar-refractivity contribution in [1.82, 2.24) is 25.4 Å². The van der Waals surface area contributed by atoms with Crippen LogP contribution in [-0.4, -0.2) is 101 Å². The van der Waals surface area contributed by atoms with Gasteiger partial charge in [0, 0.05) is 13.1 Å². The number of carbonyl (C=O) groups is 3. The molecule has 2 heterocycles. The van der Waals surface area contributed by atoms with Crippen molar-refractivity contribution in [2.24, 2.45) is 5.10 Å². The first-order valence-electron chi connectivity index (χ1n) is 14.8. The van der Waals surface area contributed by atoms with E-state index in [9.17, 15) is 45.1 Å². The smallest absolute Gasteiger partial charge is 0.744 e. The summed E-state index contributed by atoms with van der Waals surface area (Å²) < 4.78 is 71.3. The molecular weight excluding hydrogens is 758 g/mol. The van der Waals surface area contributed by atoms with Crippen molar-refractivity contribution >= 4 is 49.7 Å². The van der Waals surface area contributed by atoms with Crippen LogP contribution in [0.15, 0.2) is 98.1 Å². The van der Waals surface area contributed by atoms with E-state index in [0.717, 1.165) is 21.8 Å². The first-order valence-corrected chi connectivity index (χ1v) is 17.6. The fourth-order valence-electron chi connectivity index (χ4n) is 4.79. The Kier molecular flexibility index (Phi) is 17.4. The number of carbonyl (C=O) groups excluding carboxylic acids is 3. The van der Waals surface area contributed by atoms with Crippen LogP contribution in [0.3, 0.4) is 0 Å². The average Bonchev–Trinajstić information content (AvgIpc) is 3.56. The van der Waals surface area contributed by atoms with Crippen LogP contribution >= 0.6 is 0 Å². The van der Waals surface area contributed by atoms with Crippen molar-refractivity contribution in [2.45, 2.75) is 22.9 Å². The molecule has 22 heteroatoms. The molecule has 53 heavy (non-hydrogen) atoms. The number of amides is 3. The monoisotopic (exact) mass is 788 g/mol. The molecule has 1 aliphatic rings. The number of allylic oxidation sites excluding steroid dienone is 4. The van der Waals surface area contributed by atoms with Crippen LogP contribution < -0.4 is 75.3 Å². The molecule has 0 spiro atoms. The average molecular weight is 789 g/mol. The minimum absolute atomic E-state index is 0. The molecule has 0 atom stereocenters. The van der Waals surface area contributed by atoms with E-state index in [1.165, 1.54) is 66.8 Å². The summed E-state index contributed by atoms with van der Waals surface area (Å²) in [6.45, 7) is -2.04. The molecule has 3 amide bonds. The quantitative estimate of drug-likeness (QED) is 0.0416. The van der Waals surface area contributed by atoms with Crippen LogP contribution in [-0.2, 0) is 42.9 Å². The van der Waals surface area contributed by atoms with Crippen molar-refractivity contribution in [3.05, 3.63) is 111 Å². The first-order chi connectivity index (χ1) is 24.2. The number of hydrogen-bond donors (Lipinski definition) is 5. The number of rotatable bonds is 15. The Labute approximate surface area is 347 Å². The number of aromatic nitrogens is 2. The van der Waals surface area contributed by atoms with E-state index in [1.54, 1.807) is 0 Å². The summed E-state index contributed by atoms with van der Waals surface area (Å²) in [5, 5.41) is 30.4. The Morgan fingerprint density at radius 2 is 1.32 bits per heavy atom. The fraction of sp³-hybridized carbons (Fsp3) is 0.194. The van der Waals surface area contributed by atoms with Gasteiger partial charge in [-0.1, -0.05) is 54.6 Å². The Hall–Kier alpha value is -3.51. The molecule has 1 aliphatic heterocycles. The van der Waals surface area contributed by atoms with E-state index in [-0.39, 0.29) is 106 Å². The van der Waals surface area contributed by atoms with Gasteiger partial charge in [-0.25, -0.2) is 26.5 Å². The number of hydrazone groups is 1. The third-order valence-electron chi connectivity index (χ3n) is 7.05. The molecule has 0 saturated heterocycles. The molecular formula is C31H30N6Na2O12S2. The molecule has 5 N–H and O–H groups in total. The normalized spacial score (nSPS) is 14.0. The second-order valence-corrected chi connectivity index (χ2v) is 13.2. The van der Waals surface area contributed by atoms with Crippen LogP contribution in [0, 0.1) is 0 Å². The molecule has 270 valence electrons. The minimum atomic E-state index is -4.91. The third-order valence-corrected chi connectivity index (χ3v) is 8.92. The van der Waals surface area contributed by atoms with Gasteiger partial charge >= 0.3 is 59.1 Å². The molecule has 0 bridgehead atoms. The number of aliphatic hydroxyl groups is 2. The summed E-state index contributed by atoms with van der Waals surface area (Å²) in [7, 11) is -9.80. The Balaban J connectivity index is 0.00000486. The largest absolute Gasteiger partial charge is 1.00 e. The van der Waals surface area contributed by atoms with Crippen molar-refractivity contribution in [1.29, 1.82) is 0 Å². The zero-order valence-corrected chi connectivity index (χ0v) is 34.0. The van der Waals surface area contributed by atoms with E-state index in [0.29, 0.717) is 0 Å². The van der Waals surface area contributed by atoms with Gasteiger partial charge in [-0.2, -0.15) is 5.10 Å². The molecule has 3 aromatic rings. The predicted molar refractivity (Wildman–Crippen MR) is 177 cm³/mol. The molecule has 0 radical (unpaired) electrons. The maximum Gasteiger partial charge on any atom is 1.00 e. The summed E-state index contributed by atoms with van der Waals surface area (Å²) in [5.74, 6) is -2.45. The number of aliphatic hydroxyl groups excluding tert-OH is 2. The Morgan fingerprint density at radius 3 is 1.87 bits per heavy atom. The van der Waals surface area contributed by atoms with E-state index in [2.05, 4.69) is 20.8 Å². The van der Waals surface area contributed by atoms with Crippen molar-refractivity contribution in [3.63, 3.8) is 0 Å². The molecule has 0 aliphatic carbocycles. The van der Waals surface area contributed by atoms with Crippen molar-refractivity contribution in [2.75, 3.05) is 26.3 Å². The van der Waals surface area contributed by atoms with E-state index >= 15 is 0 Å². The number of nitrogens with zero attached hydrogens (tertiary/aromatic N) is 3. The van der Waals surface area contributed by atoms with Gasteiger partial charge in [0.2, 0.25) is 0 Å². The van der Waals surface area contributed by atoms with Crippen LogP contribution in [0.25, 0.3) is 6.08 Å². The molecule has 0 fully saturated rings. The molecule has 2 aromatic carbocycles. The Bertz CT molecular complexity index is 2250. The van der Waals surface area contributed by atoms with Gasteiger partial charge in [-0.3, -0.25) is 24.3 Å². The summed E-state index contributed by atoms with van der Waals surface area (Å²) >= 11 is 0. The van der Waals surface area contributed by atoms with E-state index < -0.39 is 79.6 Å². The second-order valence-electron chi connectivity index (χ2n) is 10.5. The van der Waals surface area contributed by atoms with Gasteiger partial charge < -0.3 is 30.0 Å². The number of H-pyrrole nitrogens is 1. The van der Waals surface area contributed by atoms with Gasteiger partial charge in [-0.05, 0) is 35.4 Å². The van der Waals surface area contributed by atoms with Gasteiger partial charge in [0.1, 0.15) is 25.9 Å². The Morgan fingerprint density at radius 1 is 0.792 bits per heavy atom. The topological polar surface area (TPSA) is 284 Å². The van der Waals surface area contributed by atoms with Gasteiger partial charge in [0.15, 0.2) is 5.71 Å². The summed E-state index contributed by atoms with van der Waals surface area (Å²) in [5.41, 5.74) is -1.90. The van der Waals surface area contributed by atoms with Gasteiger partial charge in [-0.15, -0.1) is 0 Å². The molecule has 18 nitrogen and oxygen atoms in total. The molecule has 0 saturated carbocycles. The maximum absolute atomic E-state index is 13.3. The summed E-state index contributed by atoms with van der Waals surface area (Å²) in [6, 6.07) is 10.4. The van der Waals surface area contributed by atoms with Crippen LogP contribution in [0.1, 0.15) is 27.2 Å². The summed E-state index contributed by atoms with van der Waals surface area (Å²) in [6.07, 6.45) is 6.35. The number of hydrogen-bond acceptors (Lipinski definition) is 13. The fourth-order valence-corrected chi connectivity index (χ4v) is 6.19. The zero-order valence-electron chi connectivity index (χ0n) is 28.4. The van der Waals surface area contributed by atoms with Crippen molar-refractivity contribution in [3.8, 4) is 0 Å². The first kappa shape index (κ1) is 45.6. The van der Waals surface area contributed by atoms with Crippen LogP contribution in [0.4, 0.5) is 0 Å². The number of aromatic amines is 1. The molecule has 4 rings (SSSR count). The second kappa shape index (κ2) is 20.2. The predicted octanol–water partition coefficient (Wildman–Crippen LogP) is -7.23. The van der Waals surface area contributed by atoms with Gasteiger partial charge in [0.25, 0.3) is 23.3 Å². The van der Waals surface area contributed by atoms with Crippen molar-refractivity contribution < 1.29 is 110 Å². The minimum Gasteiger partial charge on any atom is -0.744 e. The van der Waals surface area contributed by atoms with E-state index in [4.69, 9.17) is 10.2 Å². The SMILES string of the molecule is O=C(NCCO)C1=NN(Cc2ccccc2S(=O)(=O)[O-])C(=O)/C1=C\C=CC=Cc1c(C(=O)NCCO)[nH]n(Cc2ccccc2S(=O)(=O)[O-])c1=O.[Na+].[Na+]. The van der Waals surface area contributed by atoms with Gasteiger partial charge in [0.05, 0.1) is 47.2 Å². The maximum atomic E-state index is 13.3. The third kappa shape index (κ3) is 11.7. The molecule has 1 aromatic heterocycles. The van der Waals surface area contributed by atoms with E-state index in [1.807, 2.05) is 0 Å². The molecule has 0 unspecified atom stereocenters. The summed E-state index contributed by atoms with van der Waals surface area (Å²) in [4.78, 5) is 51.1. The zero-order chi connectivity index (χ0) is 37.3. The standard InChI is InChI=1S/C31H32N6O12S2.2Na/c38-16-14-32-28(40)26-22(30(42)36(34-26)18-20-8-4-6-12-24(20)50(44,45)46)10-2-1-3-11-23-27(29(41)33-15-17-39)35-37(31(23)43)19-21-9-5-7-13-25(21)51(47,48)49;;/h1-13,34,38-39H,14-19H2,(H,32,40)(H,33,41)(H,44,45,46)(H,47,48,49);;/q;2*+1/p-2/b3-1?,10-2?,23-11-;;. The van der Waals surface area contributed by atoms with Crippen LogP contribution in [0.2, 0.25) is 0 Å². The number of nitrogens with one attached hydrogen (secondary N) is 3.